The first-order valence-electron chi connectivity index (χ1n) is 6.41. The number of amides is 1. The van der Waals surface area contributed by atoms with Gasteiger partial charge in [-0.15, -0.1) is 0 Å². The Hall–Kier alpha value is -2.06. The van der Waals surface area contributed by atoms with Crippen molar-refractivity contribution in [1.82, 2.24) is 10.3 Å². The maximum atomic E-state index is 11.6. The van der Waals surface area contributed by atoms with Gasteiger partial charge in [0.05, 0.1) is 0 Å². The number of rotatable bonds is 3. The monoisotopic (exact) mass is 313 g/mol. The maximum Gasteiger partial charge on any atom is 0.413 e. The van der Waals surface area contributed by atoms with E-state index in [0.29, 0.717) is 18.4 Å². The number of hydrogen-bond donors (Lipinski definition) is 4. The fraction of sp³-hybridized carbons (Fsp3) is 0.417. The molecule has 5 N–H and O–H groups in total. The van der Waals surface area contributed by atoms with E-state index < -0.39 is 6.09 Å². The van der Waals surface area contributed by atoms with Crippen LogP contribution in [-0.4, -0.2) is 46.4 Å². The normalized spacial score (nSPS) is 16.7. The summed E-state index contributed by atoms with van der Waals surface area (Å²) in [5.74, 6) is 0.0136. The summed E-state index contributed by atoms with van der Waals surface area (Å²) in [6, 6.07) is 2.66. The van der Waals surface area contributed by atoms with E-state index in [2.05, 4.69) is 15.5 Å². The molecular formula is C12H16ClN5O3. The van der Waals surface area contributed by atoms with Gasteiger partial charge in [0.15, 0.2) is 5.84 Å². The Labute approximate surface area is 126 Å². The number of piperidine rings is 1. The van der Waals surface area contributed by atoms with Gasteiger partial charge < -0.3 is 21.4 Å². The average molecular weight is 314 g/mol. The molecule has 0 bridgehead atoms. The zero-order valence-electron chi connectivity index (χ0n) is 11.2. The highest BCUT2D eigenvalue weighted by molar-refractivity contribution is 6.30. The summed E-state index contributed by atoms with van der Waals surface area (Å²) >= 11 is 5.90. The summed E-state index contributed by atoms with van der Waals surface area (Å²) < 4.78 is 0. The van der Waals surface area contributed by atoms with Gasteiger partial charge in [-0.1, -0.05) is 16.8 Å². The number of carbonyl (C=O) groups is 1. The highest BCUT2D eigenvalue weighted by Crippen LogP contribution is 2.23. The minimum Gasteiger partial charge on any atom is -0.465 e. The van der Waals surface area contributed by atoms with Crippen LogP contribution >= 0.6 is 11.6 Å². The number of halogens is 1. The molecule has 1 aliphatic heterocycles. The van der Waals surface area contributed by atoms with E-state index in [-0.39, 0.29) is 22.8 Å². The standard InChI is InChI=1S/C12H16ClN5O3/c13-9-5-7(11(14)17-21)6-10(16-9)18(12(19)20)8-1-3-15-4-2-8/h5-6,8,15,21H,1-4H2,(H2,14,17)(H,19,20). The molecule has 0 spiro atoms. The largest absolute Gasteiger partial charge is 0.465 e. The second-order valence-corrected chi connectivity index (χ2v) is 5.04. The molecule has 0 aromatic carbocycles. The van der Waals surface area contributed by atoms with E-state index in [4.69, 9.17) is 22.5 Å². The van der Waals surface area contributed by atoms with E-state index >= 15 is 0 Å². The number of hydrogen-bond acceptors (Lipinski definition) is 5. The molecule has 21 heavy (non-hydrogen) atoms. The highest BCUT2D eigenvalue weighted by Gasteiger charge is 2.28. The summed E-state index contributed by atoms with van der Waals surface area (Å²) in [6.07, 6.45) is 0.251. The third kappa shape index (κ3) is 3.53. The Morgan fingerprint density at radius 2 is 2.14 bits per heavy atom. The van der Waals surface area contributed by atoms with Gasteiger partial charge in [-0.25, -0.2) is 9.78 Å². The van der Waals surface area contributed by atoms with Gasteiger partial charge in [0, 0.05) is 11.6 Å². The van der Waals surface area contributed by atoms with Crippen molar-refractivity contribution in [3.63, 3.8) is 0 Å². The number of carboxylic acid groups (broad SMARTS) is 1. The molecule has 2 rings (SSSR count). The Morgan fingerprint density at radius 3 is 2.71 bits per heavy atom. The number of amidine groups is 1. The summed E-state index contributed by atoms with van der Waals surface area (Å²) in [7, 11) is 0. The molecule has 1 aromatic heterocycles. The van der Waals surface area contributed by atoms with Gasteiger partial charge in [0.1, 0.15) is 11.0 Å². The van der Waals surface area contributed by atoms with E-state index in [1.807, 2.05) is 0 Å². The lowest BCUT2D eigenvalue weighted by Gasteiger charge is -2.32. The van der Waals surface area contributed by atoms with E-state index in [1.165, 1.54) is 17.0 Å². The second kappa shape index (κ2) is 6.59. The summed E-state index contributed by atoms with van der Waals surface area (Å²) in [5.41, 5.74) is 5.84. The Balaban J connectivity index is 2.40. The molecule has 0 atom stereocenters. The predicted molar refractivity (Wildman–Crippen MR) is 78.2 cm³/mol. The van der Waals surface area contributed by atoms with E-state index in [0.717, 1.165) is 13.1 Å². The van der Waals surface area contributed by atoms with Crippen molar-refractivity contribution >= 4 is 29.3 Å². The molecule has 9 heteroatoms. The van der Waals surface area contributed by atoms with Crippen LogP contribution in [0.15, 0.2) is 17.3 Å². The van der Waals surface area contributed by atoms with Gasteiger partial charge in [0.25, 0.3) is 0 Å². The fourth-order valence-corrected chi connectivity index (χ4v) is 2.52. The molecule has 1 amide bonds. The SMILES string of the molecule is N/C(=N/O)c1cc(Cl)nc(N(C(=O)O)C2CCNCC2)c1. The lowest BCUT2D eigenvalue weighted by Crippen LogP contribution is -2.46. The van der Waals surface area contributed by atoms with E-state index in [1.54, 1.807) is 0 Å². The quantitative estimate of drug-likeness (QED) is 0.217. The first kappa shape index (κ1) is 15.3. The van der Waals surface area contributed by atoms with Crippen LogP contribution < -0.4 is 16.0 Å². The third-order valence-electron chi connectivity index (χ3n) is 3.31. The average Bonchev–Trinajstić information content (AvgIpc) is 2.46. The molecule has 1 fully saturated rings. The first-order chi connectivity index (χ1) is 10.0. The molecule has 1 aromatic rings. The Bertz CT molecular complexity index is 560. The number of anilines is 1. The summed E-state index contributed by atoms with van der Waals surface area (Å²) in [6.45, 7) is 1.48. The zero-order valence-corrected chi connectivity index (χ0v) is 11.9. The van der Waals surface area contributed by atoms with Crippen LogP contribution in [0.1, 0.15) is 18.4 Å². The van der Waals surface area contributed by atoms with Crippen molar-refractivity contribution in [1.29, 1.82) is 0 Å². The topological polar surface area (TPSA) is 124 Å². The number of nitrogens with two attached hydrogens (primary N) is 1. The molecule has 0 unspecified atom stereocenters. The van der Waals surface area contributed by atoms with Crippen LogP contribution in [0, 0.1) is 0 Å². The van der Waals surface area contributed by atoms with Gasteiger partial charge in [-0.05, 0) is 38.1 Å². The number of nitrogens with zero attached hydrogens (tertiary/aromatic N) is 3. The van der Waals surface area contributed by atoms with Crippen LogP contribution in [0.2, 0.25) is 5.15 Å². The lowest BCUT2D eigenvalue weighted by molar-refractivity contribution is 0.196. The predicted octanol–water partition coefficient (Wildman–Crippen LogP) is 1.07. The number of oxime groups is 1. The Morgan fingerprint density at radius 1 is 1.48 bits per heavy atom. The number of aromatic nitrogens is 1. The smallest absolute Gasteiger partial charge is 0.413 e. The van der Waals surface area contributed by atoms with Crippen molar-refractivity contribution in [3.8, 4) is 0 Å². The second-order valence-electron chi connectivity index (χ2n) is 4.66. The minimum absolute atomic E-state index is 0.0780. The van der Waals surface area contributed by atoms with Crippen LogP contribution in [0.25, 0.3) is 0 Å². The Kier molecular flexibility index (Phi) is 4.81. The maximum absolute atomic E-state index is 11.6. The first-order valence-corrected chi connectivity index (χ1v) is 6.79. The minimum atomic E-state index is -1.11. The summed E-state index contributed by atoms with van der Waals surface area (Å²) in [5, 5.41) is 24.3. The molecule has 0 saturated carbocycles. The van der Waals surface area contributed by atoms with Crippen molar-refractivity contribution < 1.29 is 15.1 Å². The molecule has 0 radical (unpaired) electrons. The molecule has 8 nitrogen and oxygen atoms in total. The highest BCUT2D eigenvalue weighted by atomic mass is 35.5. The van der Waals surface area contributed by atoms with E-state index in [9.17, 15) is 9.90 Å². The lowest BCUT2D eigenvalue weighted by atomic mass is 10.0. The molecule has 1 aliphatic rings. The third-order valence-corrected chi connectivity index (χ3v) is 3.50. The van der Waals surface area contributed by atoms with Gasteiger partial charge >= 0.3 is 6.09 Å². The van der Waals surface area contributed by atoms with Crippen molar-refractivity contribution in [2.24, 2.45) is 10.9 Å². The molecule has 0 aliphatic carbocycles. The van der Waals surface area contributed by atoms with Crippen LogP contribution in [0.3, 0.4) is 0 Å². The molecular weight excluding hydrogens is 298 g/mol. The van der Waals surface area contributed by atoms with Crippen LogP contribution in [0.5, 0.6) is 0 Å². The van der Waals surface area contributed by atoms with Crippen molar-refractivity contribution in [2.45, 2.75) is 18.9 Å². The number of pyridine rings is 1. The van der Waals surface area contributed by atoms with Crippen molar-refractivity contribution in [3.05, 3.63) is 22.8 Å². The zero-order chi connectivity index (χ0) is 15.4. The number of nitrogens with one attached hydrogen (secondary N) is 1. The fourth-order valence-electron chi connectivity index (χ4n) is 2.32. The molecule has 1 saturated heterocycles. The van der Waals surface area contributed by atoms with Gasteiger partial charge in [0.2, 0.25) is 0 Å². The van der Waals surface area contributed by atoms with Gasteiger partial charge in [-0.3, -0.25) is 4.90 Å². The van der Waals surface area contributed by atoms with Crippen molar-refractivity contribution in [2.75, 3.05) is 18.0 Å². The van der Waals surface area contributed by atoms with Crippen LogP contribution in [-0.2, 0) is 0 Å². The van der Waals surface area contributed by atoms with Gasteiger partial charge in [-0.2, -0.15) is 0 Å². The summed E-state index contributed by atoms with van der Waals surface area (Å²) in [4.78, 5) is 16.8. The van der Waals surface area contributed by atoms with Crippen LogP contribution in [0.4, 0.5) is 10.6 Å². The molecule has 2 heterocycles. The molecule has 114 valence electrons.